The van der Waals surface area contributed by atoms with Crippen molar-refractivity contribution in [2.45, 2.75) is 19.3 Å². The number of amides is 1. The van der Waals surface area contributed by atoms with Crippen molar-refractivity contribution in [2.24, 2.45) is 11.7 Å². The van der Waals surface area contributed by atoms with Gasteiger partial charge in [0.1, 0.15) is 0 Å². The summed E-state index contributed by atoms with van der Waals surface area (Å²) in [5, 5.41) is 0. The minimum atomic E-state index is 0.116. The number of rotatable bonds is 4. The molecule has 3 nitrogen and oxygen atoms in total. The van der Waals surface area contributed by atoms with Gasteiger partial charge in [-0.3, -0.25) is 4.79 Å². The van der Waals surface area contributed by atoms with Gasteiger partial charge in [-0.25, -0.2) is 0 Å². The van der Waals surface area contributed by atoms with Crippen LogP contribution in [-0.4, -0.2) is 30.4 Å². The van der Waals surface area contributed by atoms with E-state index >= 15 is 0 Å². The van der Waals surface area contributed by atoms with Crippen LogP contribution in [0, 0.1) is 5.92 Å². The lowest BCUT2D eigenvalue weighted by atomic mass is 9.95. The monoisotopic (exact) mass is 258 g/mol. The van der Waals surface area contributed by atoms with E-state index in [1.807, 2.05) is 41.3 Å². The maximum Gasteiger partial charge on any atom is 0.246 e. The molecule has 0 aliphatic carbocycles. The van der Waals surface area contributed by atoms with Crippen molar-refractivity contribution in [3.8, 4) is 0 Å². The Balaban J connectivity index is 1.90. The lowest BCUT2D eigenvalue weighted by molar-refractivity contribution is -0.127. The Morgan fingerprint density at radius 3 is 2.89 bits per heavy atom. The molecule has 0 aromatic heterocycles. The van der Waals surface area contributed by atoms with Gasteiger partial charge in [0.25, 0.3) is 0 Å². The van der Waals surface area contributed by atoms with Gasteiger partial charge in [0, 0.05) is 19.2 Å². The molecule has 19 heavy (non-hydrogen) atoms. The van der Waals surface area contributed by atoms with Gasteiger partial charge in [0.15, 0.2) is 0 Å². The van der Waals surface area contributed by atoms with E-state index in [0.29, 0.717) is 12.5 Å². The Morgan fingerprint density at radius 2 is 2.16 bits per heavy atom. The SMILES string of the molecule is NCCC1CCCN(C(=O)C=Cc2ccccc2)C1. The maximum absolute atomic E-state index is 12.1. The molecule has 0 saturated carbocycles. The van der Waals surface area contributed by atoms with Gasteiger partial charge in [0.2, 0.25) is 5.91 Å². The van der Waals surface area contributed by atoms with Crippen molar-refractivity contribution in [1.29, 1.82) is 0 Å². The second-order valence-electron chi connectivity index (χ2n) is 5.11. The van der Waals surface area contributed by atoms with Gasteiger partial charge < -0.3 is 10.6 Å². The standard InChI is InChI=1S/C16H22N2O/c17-11-10-15-7-4-12-18(13-15)16(19)9-8-14-5-2-1-3-6-14/h1-3,5-6,8-9,15H,4,7,10-13,17H2. The maximum atomic E-state index is 12.1. The van der Waals surface area contributed by atoms with Crippen molar-refractivity contribution in [2.75, 3.05) is 19.6 Å². The molecule has 0 radical (unpaired) electrons. The van der Waals surface area contributed by atoms with Gasteiger partial charge in [-0.05, 0) is 43.4 Å². The minimum absolute atomic E-state index is 0.116. The number of hydrogen-bond donors (Lipinski definition) is 1. The van der Waals surface area contributed by atoms with E-state index in [-0.39, 0.29) is 5.91 Å². The molecular formula is C16H22N2O. The summed E-state index contributed by atoms with van der Waals surface area (Å²) in [6, 6.07) is 9.92. The number of hydrogen-bond acceptors (Lipinski definition) is 2. The van der Waals surface area contributed by atoms with Crippen LogP contribution in [0.1, 0.15) is 24.8 Å². The Labute approximate surface area is 115 Å². The molecule has 1 aromatic rings. The smallest absolute Gasteiger partial charge is 0.246 e. The average Bonchev–Trinajstić information content (AvgIpc) is 2.46. The van der Waals surface area contributed by atoms with Crippen molar-refractivity contribution in [1.82, 2.24) is 4.90 Å². The lowest BCUT2D eigenvalue weighted by Gasteiger charge is -2.32. The average molecular weight is 258 g/mol. The summed E-state index contributed by atoms with van der Waals surface area (Å²) >= 11 is 0. The van der Waals surface area contributed by atoms with Crippen LogP contribution in [0.15, 0.2) is 36.4 Å². The van der Waals surface area contributed by atoms with E-state index < -0.39 is 0 Å². The van der Waals surface area contributed by atoms with Gasteiger partial charge in [-0.1, -0.05) is 30.3 Å². The third-order valence-electron chi connectivity index (χ3n) is 3.62. The van der Waals surface area contributed by atoms with Crippen LogP contribution in [0.4, 0.5) is 0 Å². The molecule has 1 aliphatic heterocycles. The van der Waals surface area contributed by atoms with E-state index in [4.69, 9.17) is 5.73 Å². The molecule has 1 amide bonds. The predicted molar refractivity (Wildman–Crippen MR) is 78.5 cm³/mol. The zero-order chi connectivity index (χ0) is 13.5. The fourth-order valence-corrected chi connectivity index (χ4v) is 2.57. The number of nitrogens with zero attached hydrogens (tertiary/aromatic N) is 1. The van der Waals surface area contributed by atoms with Gasteiger partial charge in [0.05, 0.1) is 0 Å². The number of piperidine rings is 1. The number of benzene rings is 1. The summed E-state index contributed by atoms with van der Waals surface area (Å²) < 4.78 is 0. The molecule has 0 bridgehead atoms. The van der Waals surface area contributed by atoms with Crippen LogP contribution in [0.5, 0.6) is 0 Å². The second kappa shape index (κ2) is 7.10. The number of likely N-dealkylation sites (tertiary alicyclic amines) is 1. The third kappa shape index (κ3) is 4.21. The lowest BCUT2D eigenvalue weighted by Crippen LogP contribution is -2.39. The number of carbonyl (C=O) groups excluding carboxylic acids is 1. The first-order chi connectivity index (χ1) is 9.29. The first-order valence-electron chi connectivity index (χ1n) is 7.01. The number of nitrogens with two attached hydrogens (primary N) is 1. The van der Waals surface area contributed by atoms with Gasteiger partial charge in [-0.2, -0.15) is 0 Å². The van der Waals surface area contributed by atoms with E-state index in [9.17, 15) is 4.79 Å². The van der Waals surface area contributed by atoms with E-state index in [0.717, 1.165) is 31.5 Å². The highest BCUT2D eigenvalue weighted by molar-refractivity contribution is 5.91. The zero-order valence-corrected chi connectivity index (χ0v) is 11.3. The van der Waals surface area contributed by atoms with Crippen LogP contribution >= 0.6 is 0 Å². The quantitative estimate of drug-likeness (QED) is 0.842. The molecule has 1 aromatic carbocycles. The van der Waals surface area contributed by atoms with Crippen molar-refractivity contribution < 1.29 is 4.79 Å². The minimum Gasteiger partial charge on any atom is -0.339 e. The molecule has 1 atom stereocenters. The molecule has 2 N–H and O–H groups in total. The summed E-state index contributed by atoms with van der Waals surface area (Å²) in [5.41, 5.74) is 6.66. The highest BCUT2D eigenvalue weighted by Gasteiger charge is 2.21. The van der Waals surface area contributed by atoms with Crippen LogP contribution in [0.3, 0.4) is 0 Å². The van der Waals surface area contributed by atoms with E-state index in [1.165, 1.54) is 6.42 Å². The van der Waals surface area contributed by atoms with Gasteiger partial charge >= 0.3 is 0 Å². The van der Waals surface area contributed by atoms with Crippen LogP contribution in [0.2, 0.25) is 0 Å². The fourth-order valence-electron chi connectivity index (χ4n) is 2.57. The molecule has 1 unspecified atom stereocenters. The normalized spacial score (nSPS) is 19.8. The molecule has 2 rings (SSSR count). The molecule has 1 heterocycles. The molecular weight excluding hydrogens is 236 g/mol. The van der Waals surface area contributed by atoms with Crippen molar-refractivity contribution in [3.63, 3.8) is 0 Å². The van der Waals surface area contributed by atoms with E-state index in [2.05, 4.69) is 0 Å². The first-order valence-corrected chi connectivity index (χ1v) is 7.01. The van der Waals surface area contributed by atoms with Crippen LogP contribution in [-0.2, 0) is 4.79 Å². The second-order valence-corrected chi connectivity index (χ2v) is 5.11. The first kappa shape index (κ1) is 13.8. The topological polar surface area (TPSA) is 46.3 Å². The van der Waals surface area contributed by atoms with Crippen molar-refractivity contribution >= 4 is 12.0 Å². The van der Waals surface area contributed by atoms with Crippen molar-refractivity contribution in [3.05, 3.63) is 42.0 Å². The third-order valence-corrected chi connectivity index (χ3v) is 3.62. The molecule has 0 spiro atoms. The molecule has 1 aliphatic rings. The van der Waals surface area contributed by atoms with Gasteiger partial charge in [-0.15, -0.1) is 0 Å². The largest absolute Gasteiger partial charge is 0.339 e. The summed E-state index contributed by atoms with van der Waals surface area (Å²) in [4.78, 5) is 14.1. The van der Waals surface area contributed by atoms with Crippen LogP contribution in [0.25, 0.3) is 6.08 Å². The highest BCUT2D eigenvalue weighted by Crippen LogP contribution is 2.19. The Kier molecular flexibility index (Phi) is 5.16. The molecule has 3 heteroatoms. The highest BCUT2D eigenvalue weighted by atomic mass is 16.2. The Bertz CT molecular complexity index is 426. The Hall–Kier alpha value is -1.61. The summed E-state index contributed by atoms with van der Waals surface area (Å²) in [6.45, 7) is 2.45. The summed E-state index contributed by atoms with van der Waals surface area (Å²) in [6.07, 6.45) is 6.88. The molecule has 1 saturated heterocycles. The fraction of sp³-hybridized carbons (Fsp3) is 0.438. The summed E-state index contributed by atoms with van der Waals surface area (Å²) in [5.74, 6) is 0.693. The molecule has 102 valence electrons. The van der Waals surface area contributed by atoms with Crippen LogP contribution < -0.4 is 5.73 Å². The summed E-state index contributed by atoms with van der Waals surface area (Å²) in [7, 11) is 0. The zero-order valence-electron chi connectivity index (χ0n) is 11.3. The number of carbonyl (C=O) groups is 1. The predicted octanol–water partition coefficient (Wildman–Crippen LogP) is 2.29. The molecule has 1 fully saturated rings. The van der Waals surface area contributed by atoms with E-state index in [1.54, 1.807) is 6.08 Å². The Morgan fingerprint density at radius 1 is 1.37 bits per heavy atom.